The number of halogens is 1. The van der Waals surface area contributed by atoms with Crippen LogP contribution in [0.3, 0.4) is 0 Å². The third kappa shape index (κ3) is 1.91. The number of nitrogens with zero attached hydrogens (tertiary/aromatic N) is 1. The number of rotatable bonds is 2. The Bertz CT molecular complexity index is 485. The minimum absolute atomic E-state index is 0.555. The fraction of sp³-hybridized carbons (Fsp3) is 0.308. The fourth-order valence-electron chi connectivity index (χ4n) is 1.78. The summed E-state index contributed by atoms with van der Waals surface area (Å²) >= 11 is 6.19. The lowest BCUT2D eigenvalue weighted by Gasteiger charge is -2.04. The Balaban J connectivity index is 2.43. The molecule has 1 aromatic rings. The van der Waals surface area contributed by atoms with Crippen LogP contribution in [0.1, 0.15) is 24.5 Å². The smallest absolute Gasteiger partial charge is 0.122 e. The molecule has 0 atom stereocenters. The summed E-state index contributed by atoms with van der Waals surface area (Å²) in [5.74, 6) is 0.934. The van der Waals surface area contributed by atoms with E-state index in [1.54, 1.807) is 0 Å². The Kier molecular flexibility index (Phi) is 3.17. The van der Waals surface area contributed by atoms with Crippen LogP contribution in [-0.4, -0.2) is 6.61 Å². The zero-order valence-electron chi connectivity index (χ0n) is 9.09. The molecule has 16 heavy (non-hydrogen) atoms. The molecule has 0 bridgehead atoms. The summed E-state index contributed by atoms with van der Waals surface area (Å²) in [5, 5.41) is 9.49. The molecule has 3 heteroatoms. The van der Waals surface area contributed by atoms with Crippen molar-refractivity contribution in [2.45, 2.75) is 19.8 Å². The van der Waals surface area contributed by atoms with Gasteiger partial charge in [0.25, 0.3) is 0 Å². The monoisotopic (exact) mass is 233 g/mol. The highest BCUT2D eigenvalue weighted by molar-refractivity contribution is 6.49. The number of hydrogen-bond donors (Lipinski definition) is 0. The highest BCUT2D eigenvalue weighted by atomic mass is 35.5. The lowest BCUT2D eigenvalue weighted by molar-refractivity contribution is 0.357. The molecule has 2 rings (SSSR count). The van der Waals surface area contributed by atoms with Gasteiger partial charge in [-0.25, -0.2) is 0 Å². The first-order valence-electron chi connectivity index (χ1n) is 5.31. The normalized spacial score (nSPS) is 14.8. The summed E-state index contributed by atoms with van der Waals surface area (Å²) in [6.45, 7) is 2.66. The van der Waals surface area contributed by atoms with E-state index < -0.39 is 0 Å². The second-order valence-electron chi connectivity index (χ2n) is 3.68. The Labute approximate surface area is 100 Å². The molecular formula is C13H12ClNO. The lowest BCUT2D eigenvalue weighted by Crippen LogP contribution is -1.86. The number of benzene rings is 1. The van der Waals surface area contributed by atoms with Crippen molar-refractivity contribution in [1.82, 2.24) is 0 Å². The molecular weight excluding hydrogens is 222 g/mol. The predicted molar refractivity (Wildman–Crippen MR) is 64.3 cm³/mol. The summed E-state index contributed by atoms with van der Waals surface area (Å²) in [7, 11) is 0. The van der Waals surface area contributed by atoms with Crippen molar-refractivity contribution >= 4 is 16.6 Å². The van der Waals surface area contributed by atoms with Crippen molar-refractivity contribution in [2.24, 2.45) is 0 Å². The molecule has 0 aliphatic carbocycles. The standard InChI is InChI=1S/C13H12ClNO/c1-2-9(8-15)13(14)11-3-4-12-10(7-11)5-6-16-12/h3-4,7H,2,5-6H2,1H3. The van der Waals surface area contributed by atoms with Gasteiger partial charge in [-0.1, -0.05) is 18.5 Å². The van der Waals surface area contributed by atoms with Gasteiger partial charge in [-0.15, -0.1) is 0 Å². The third-order valence-electron chi connectivity index (χ3n) is 2.70. The first kappa shape index (κ1) is 11.0. The van der Waals surface area contributed by atoms with E-state index in [9.17, 15) is 0 Å². The number of allylic oxidation sites excluding steroid dienone is 1. The van der Waals surface area contributed by atoms with Crippen LogP contribution in [0.2, 0.25) is 0 Å². The molecule has 1 heterocycles. The fourth-order valence-corrected chi connectivity index (χ4v) is 2.07. The van der Waals surface area contributed by atoms with Gasteiger partial charge >= 0.3 is 0 Å². The van der Waals surface area contributed by atoms with E-state index in [0.29, 0.717) is 17.0 Å². The zero-order valence-corrected chi connectivity index (χ0v) is 9.84. The van der Waals surface area contributed by atoms with Crippen molar-refractivity contribution in [3.8, 4) is 11.8 Å². The maximum atomic E-state index is 8.93. The van der Waals surface area contributed by atoms with Crippen LogP contribution in [0.4, 0.5) is 0 Å². The Hall–Kier alpha value is -1.46. The molecule has 0 fully saturated rings. The minimum atomic E-state index is 0.555. The Morgan fingerprint density at radius 2 is 2.38 bits per heavy atom. The summed E-state index contributed by atoms with van der Waals surface area (Å²) in [6.07, 6.45) is 1.57. The van der Waals surface area contributed by atoms with Gasteiger partial charge in [0, 0.05) is 12.0 Å². The molecule has 0 amide bonds. The molecule has 82 valence electrons. The second-order valence-corrected chi connectivity index (χ2v) is 4.06. The largest absolute Gasteiger partial charge is 0.493 e. The molecule has 0 spiro atoms. The minimum Gasteiger partial charge on any atom is -0.493 e. The first-order chi connectivity index (χ1) is 7.76. The van der Waals surface area contributed by atoms with Gasteiger partial charge in [-0.3, -0.25) is 0 Å². The topological polar surface area (TPSA) is 33.0 Å². The van der Waals surface area contributed by atoms with Crippen molar-refractivity contribution in [1.29, 1.82) is 5.26 Å². The van der Waals surface area contributed by atoms with Crippen molar-refractivity contribution < 1.29 is 4.74 Å². The molecule has 0 saturated carbocycles. The molecule has 0 saturated heterocycles. The third-order valence-corrected chi connectivity index (χ3v) is 3.14. The summed E-state index contributed by atoms with van der Waals surface area (Å²) < 4.78 is 5.42. The van der Waals surface area contributed by atoms with E-state index >= 15 is 0 Å². The van der Waals surface area contributed by atoms with Crippen LogP contribution in [0.5, 0.6) is 5.75 Å². The van der Waals surface area contributed by atoms with Crippen LogP contribution in [0.15, 0.2) is 23.8 Å². The van der Waals surface area contributed by atoms with Gasteiger partial charge in [0.2, 0.25) is 0 Å². The maximum Gasteiger partial charge on any atom is 0.122 e. The van der Waals surface area contributed by atoms with Gasteiger partial charge in [0.05, 0.1) is 17.7 Å². The summed E-state index contributed by atoms with van der Waals surface area (Å²) in [5.41, 5.74) is 2.70. The van der Waals surface area contributed by atoms with Gasteiger partial charge < -0.3 is 4.74 Å². The van der Waals surface area contributed by atoms with Crippen molar-refractivity contribution in [3.05, 3.63) is 34.9 Å². The van der Waals surface area contributed by atoms with Gasteiger partial charge in [0.1, 0.15) is 5.75 Å². The predicted octanol–water partition coefficient (Wildman–Crippen LogP) is 3.50. The zero-order chi connectivity index (χ0) is 11.5. The van der Waals surface area contributed by atoms with Crippen LogP contribution in [-0.2, 0) is 6.42 Å². The maximum absolute atomic E-state index is 8.93. The van der Waals surface area contributed by atoms with Crippen molar-refractivity contribution in [2.75, 3.05) is 6.61 Å². The number of hydrogen-bond acceptors (Lipinski definition) is 2. The Morgan fingerprint density at radius 3 is 3.06 bits per heavy atom. The quantitative estimate of drug-likeness (QED) is 0.733. The molecule has 1 aliphatic heterocycles. The SMILES string of the molecule is CCC(C#N)=C(Cl)c1ccc2c(c1)CCO2. The van der Waals surface area contributed by atoms with E-state index in [-0.39, 0.29) is 0 Å². The van der Waals surface area contributed by atoms with Crippen LogP contribution in [0.25, 0.3) is 5.03 Å². The average Bonchev–Trinajstić information content (AvgIpc) is 2.77. The number of fused-ring (bicyclic) bond motifs is 1. The Morgan fingerprint density at radius 1 is 1.56 bits per heavy atom. The summed E-state index contributed by atoms with van der Waals surface area (Å²) in [6, 6.07) is 7.97. The molecule has 2 nitrogen and oxygen atoms in total. The number of ether oxygens (including phenoxy) is 1. The van der Waals surface area contributed by atoms with E-state index in [1.165, 1.54) is 5.56 Å². The molecule has 0 aromatic heterocycles. The van der Waals surface area contributed by atoms with Crippen LogP contribution in [0, 0.1) is 11.3 Å². The number of nitriles is 1. The molecule has 0 unspecified atom stereocenters. The lowest BCUT2D eigenvalue weighted by atomic mass is 10.1. The first-order valence-corrected chi connectivity index (χ1v) is 5.69. The molecule has 0 N–H and O–H groups in total. The highest BCUT2D eigenvalue weighted by Crippen LogP contribution is 2.31. The molecule has 1 aliphatic rings. The van der Waals surface area contributed by atoms with Crippen molar-refractivity contribution in [3.63, 3.8) is 0 Å². The van der Waals surface area contributed by atoms with Gasteiger partial charge in [0.15, 0.2) is 0 Å². The van der Waals surface area contributed by atoms with E-state index in [1.807, 2.05) is 25.1 Å². The van der Waals surface area contributed by atoms with E-state index in [2.05, 4.69) is 6.07 Å². The van der Waals surface area contributed by atoms with E-state index in [4.69, 9.17) is 21.6 Å². The van der Waals surface area contributed by atoms with Crippen LogP contribution >= 0.6 is 11.6 Å². The van der Waals surface area contributed by atoms with Crippen LogP contribution < -0.4 is 4.74 Å². The molecule has 0 radical (unpaired) electrons. The van der Waals surface area contributed by atoms with Gasteiger partial charge in [-0.2, -0.15) is 5.26 Å². The highest BCUT2D eigenvalue weighted by Gasteiger charge is 2.14. The summed E-state index contributed by atoms with van der Waals surface area (Å²) in [4.78, 5) is 0. The second kappa shape index (κ2) is 4.59. The van der Waals surface area contributed by atoms with E-state index in [0.717, 1.165) is 24.3 Å². The molecule has 1 aromatic carbocycles. The average molecular weight is 234 g/mol. The van der Waals surface area contributed by atoms with Gasteiger partial charge in [-0.05, 0) is 35.7 Å².